The van der Waals surface area contributed by atoms with Gasteiger partial charge in [-0.25, -0.2) is 13.2 Å². The largest absolute Gasteiger partial charge is 0.434 e. The molecule has 1 aliphatic rings. The van der Waals surface area contributed by atoms with Crippen LogP contribution in [0.1, 0.15) is 34.5 Å². The van der Waals surface area contributed by atoms with Crippen LogP contribution in [0, 0.1) is 23.4 Å². The number of carbonyl (C=O) groups excluding carboxylic acids is 1. The van der Waals surface area contributed by atoms with E-state index in [9.17, 15) is 31.1 Å². The number of pyridine rings is 1. The van der Waals surface area contributed by atoms with E-state index in [-0.39, 0.29) is 31.0 Å². The van der Waals surface area contributed by atoms with Crippen molar-refractivity contribution in [3.8, 4) is 0 Å². The van der Waals surface area contributed by atoms with Crippen molar-refractivity contribution >= 4 is 5.91 Å². The molecule has 2 aromatic rings. The molecule has 0 aliphatic carbocycles. The molecule has 4 nitrogen and oxygen atoms in total. The van der Waals surface area contributed by atoms with Crippen LogP contribution < -0.4 is 5.73 Å². The Bertz CT molecular complexity index is 925. The predicted octanol–water partition coefficient (Wildman–Crippen LogP) is 3.94. The van der Waals surface area contributed by atoms with Gasteiger partial charge in [0.2, 0.25) is 0 Å². The van der Waals surface area contributed by atoms with E-state index in [1.807, 2.05) is 0 Å². The molecular formula is C20H19F6N3O. The van der Waals surface area contributed by atoms with Gasteiger partial charge < -0.3 is 10.6 Å². The van der Waals surface area contributed by atoms with Crippen LogP contribution in [0.25, 0.3) is 0 Å². The second-order valence-electron chi connectivity index (χ2n) is 7.25. The maximum Gasteiger partial charge on any atom is 0.434 e. The number of piperidine rings is 1. The Labute approximate surface area is 168 Å². The number of nitrogens with zero attached hydrogens (tertiary/aromatic N) is 2. The van der Waals surface area contributed by atoms with Gasteiger partial charge in [0.25, 0.3) is 5.91 Å². The van der Waals surface area contributed by atoms with Crippen molar-refractivity contribution in [1.82, 2.24) is 9.88 Å². The topological polar surface area (TPSA) is 59.2 Å². The molecule has 162 valence electrons. The average Bonchev–Trinajstić information content (AvgIpc) is 2.71. The maximum absolute atomic E-state index is 13.8. The summed E-state index contributed by atoms with van der Waals surface area (Å²) in [7, 11) is 0. The summed E-state index contributed by atoms with van der Waals surface area (Å²) in [6, 6.07) is 3.00. The van der Waals surface area contributed by atoms with Crippen LogP contribution in [0.3, 0.4) is 0 Å². The van der Waals surface area contributed by atoms with Gasteiger partial charge in [-0.3, -0.25) is 9.78 Å². The summed E-state index contributed by atoms with van der Waals surface area (Å²) in [5.74, 6) is -4.28. The quantitative estimate of drug-likeness (QED) is 0.590. The Hall–Kier alpha value is -2.62. The summed E-state index contributed by atoms with van der Waals surface area (Å²) in [6.07, 6.45) is -3.02. The zero-order valence-corrected chi connectivity index (χ0v) is 15.7. The number of carbonyl (C=O) groups is 1. The zero-order chi connectivity index (χ0) is 22.1. The SMILES string of the molecule is N[C@H](Cc1cc(F)c(F)cc1F)C1CCN(C(=O)c2cccnc2C(F)(F)F)CC1. The van der Waals surface area contributed by atoms with Crippen molar-refractivity contribution < 1.29 is 31.1 Å². The number of alkyl halides is 3. The fourth-order valence-corrected chi connectivity index (χ4v) is 3.65. The van der Waals surface area contributed by atoms with Crippen LogP contribution in [0.2, 0.25) is 0 Å². The maximum atomic E-state index is 13.8. The minimum atomic E-state index is -4.75. The van der Waals surface area contributed by atoms with Crippen LogP contribution >= 0.6 is 0 Å². The fourth-order valence-electron chi connectivity index (χ4n) is 3.65. The van der Waals surface area contributed by atoms with Crippen LogP contribution in [-0.4, -0.2) is 34.9 Å². The van der Waals surface area contributed by atoms with Crippen molar-refractivity contribution in [3.05, 3.63) is 64.7 Å². The van der Waals surface area contributed by atoms with E-state index in [2.05, 4.69) is 4.98 Å². The summed E-state index contributed by atoms with van der Waals surface area (Å²) in [6.45, 7) is 0.341. The van der Waals surface area contributed by atoms with E-state index in [1.54, 1.807) is 0 Å². The molecule has 1 fully saturated rings. The Balaban J connectivity index is 1.64. The first-order valence-electron chi connectivity index (χ1n) is 9.28. The molecule has 0 spiro atoms. The summed E-state index contributed by atoms with van der Waals surface area (Å²) < 4.78 is 79.6. The van der Waals surface area contributed by atoms with Gasteiger partial charge in [-0.1, -0.05) is 0 Å². The van der Waals surface area contributed by atoms with Crippen LogP contribution in [0.5, 0.6) is 0 Å². The number of halogens is 6. The number of rotatable bonds is 4. The van der Waals surface area contributed by atoms with Gasteiger partial charge >= 0.3 is 6.18 Å². The van der Waals surface area contributed by atoms with E-state index in [1.165, 1.54) is 11.0 Å². The molecule has 1 aliphatic heterocycles. The molecule has 1 atom stereocenters. The highest BCUT2D eigenvalue weighted by molar-refractivity contribution is 5.95. The van der Waals surface area contributed by atoms with E-state index in [4.69, 9.17) is 5.73 Å². The van der Waals surface area contributed by atoms with Gasteiger partial charge in [0, 0.05) is 31.4 Å². The van der Waals surface area contributed by atoms with Crippen molar-refractivity contribution in [2.75, 3.05) is 13.1 Å². The molecule has 10 heteroatoms. The molecule has 0 unspecified atom stereocenters. The van der Waals surface area contributed by atoms with E-state index >= 15 is 0 Å². The number of hydrogen-bond acceptors (Lipinski definition) is 3. The standard InChI is InChI=1S/C20H19F6N3O/c21-14-10-16(23)15(22)8-12(14)9-17(27)11-3-6-29(7-4-11)19(30)13-2-1-5-28-18(13)20(24,25)26/h1-2,5,8,10-11,17H,3-4,6-7,9,27H2/t17-/m1/s1. The number of hydrogen-bond donors (Lipinski definition) is 1. The first-order chi connectivity index (χ1) is 14.1. The lowest BCUT2D eigenvalue weighted by Crippen LogP contribution is -2.44. The van der Waals surface area contributed by atoms with Crippen molar-refractivity contribution in [2.24, 2.45) is 11.7 Å². The van der Waals surface area contributed by atoms with Gasteiger partial charge in [-0.05, 0) is 48.9 Å². The number of benzene rings is 1. The lowest BCUT2D eigenvalue weighted by Gasteiger charge is -2.35. The Morgan fingerprint density at radius 1 is 1.13 bits per heavy atom. The highest BCUT2D eigenvalue weighted by atomic mass is 19.4. The van der Waals surface area contributed by atoms with Crippen molar-refractivity contribution in [3.63, 3.8) is 0 Å². The molecule has 0 saturated carbocycles. The third-order valence-electron chi connectivity index (χ3n) is 5.28. The van der Waals surface area contributed by atoms with Crippen LogP contribution in [0.15, 0.2) is 30.5 Å². The minimum Gasteiger partial charge on any atom is -0.339 e. The molecule has 1 amide bonds. The van der Waals surface area contributed by atoms with E-state index in [0.29, 0.717) is 18.9 Å². The summed E-state index contributed by atoms with van der Waals surface area (Å²) in [5.41, 5.74) is 4.30. The Kier molecular flexibility index (Phi) is 6.35. The normalized spacial score (nSPS) is 16.6. The molecule has 3 rings (SSSR count). The lowest BCUT2D eigenvalue weighted by atomic mass is 9.86. The van der Waals surface area contributed by atoms with Gasteiger partial charge in [0.05, 0.1) is 5.56 Å². The van der Waals surface area contributed by atoms with Gasteiger partial charge in [0.1, 0.15) is 5.82 Å². The number of amides is 1. The Morgan fingerprint density at radius 2 is 1.77 bits per heavy atom. The highest BCUT2D eigenvalue weighted by Crippen LogP contribution is 2.31. The molecule has 30 heavy (non-hydrogen) atoms. The molecule has 1 aromatic heterocycles. The number of nitrogens with two attached hydrogens (primary N) is 1. The monoisotopic (exact) mass is 431 g/mol. The summed E-state index contributed by atoms with van der Waals surface area (Å²) >= 11 is 0. The molecule has 2 N–H and O–H groups in total. The zero-order valence-electron chi connectivity index (χ0n) is 15.7. The molecule has 0 radical (unpaired) electrons. The minimum absolute atomic E-state index is 0.0253. The molecule has 2 heterocycles. The molecule has 1 saturated heterocycles. The molecule has 0 bridgehead atoms. The predicted molar refractivity (Wildman–Crippen MR) is 95.9 cm³/mol. The van der Waals surface area contributed by atoms with Gasteiger partial charge in [0.15, 0.2) is 17.3 Å². The first kappa shape index (κ1) is 22.1. The third kappa shape index (κ3) is 4.75. The van der Waals surface area contributed by atoms with Gasteiger partial charge in [-0.2, -0.15) is 13.2 Å². The van der Waals surface area contributed by atoms with Crippen molar-refractivity contribution in [1.29, 1.82) is 0 Å². The Morgan fingerprint density at radius 3 is 2.40 bits per heavy atom. The smallest absolute Gasteiger partial charge is 0.339 e. The van der Waals surface area contributed by atoms with E-state index in [0.717, 1.165) is 18.3 Å². The fraction of sp³-hybridized carbons (Fsp3) is 0.400. The lowest BCUT2D eigenvalue weighted by molar-refractivity contribution is -0.141. The summed E-state index contributed by atoms with van der Waals surface area (Å²) in [5, 5.41) is 0. The average molecular weight is 431 g/mol. The second kappa shape index (κ2) is 8.63. The van der Waals surface area contributed by atoms with Crippen molar-refractivity contribution in [2.45, 2.75) is 31.5 Å². The van der Waals surface area contributed by atoms with Crippen LogP contribution in [-0.2, 0) is 12.6 Å². The summed E-state index contributed by atoms with van der Waals surface area (Å²) in [4.78, 5) is 17.2. The molecule has 1 aromatic carbocycles. The van der Waals surface area contributed by atoms with E-state index < -0.39 is 46.8 Å². The third-order valence-corrected chi connectivity index (χ3v) is 5.28. The second-order valence-corrected chi connectivity index (χ2v) is 7.25. The highest BCUT2D eigenvalue weighted by Gasteiger charge is 2.38. The number of aromatic nitrogens is 1. The first-order valence-corrected chi connectivity index (χ1v) is 9.28. The van der Waals surface area contributed by atoms with Crippen LogP contribution in [0.4, 0.5) is 26.3 Å². The number of likely N-dealkylation sites (tertiary alicyclic amines) is 1. The van der Waals surface area contributed by atoms with Gasteiger partial charge in [-0.15, -0.1) is 0 Å². The molecular weight excluding hydrogens is 412 g/mol.